The van der Waals surface area contributed by atoms with Gasteiger partial charge in [-0.2, -0.15) is 0 Å². The molecule has 3 N–H and O–H groups in total. The summed E-state index contributed by atoms with van der Waals surface area (Å²) in [4.78, 5) is 22.8. The van der Waals surface area contributed by atoms with Crippen molar-refractivity contribution in [1.82, 2.24) is 4.98 Å². The van der Waals surface area contributed by atoms with Crippen molar-refractivity contribution in [2.24, 2.45) is 5.73 Å². The molecule has 1 rings (SSSR count). The molecule has 0 aliphatic heterocycles. The fourth-order valence-electron chi connectivity index (χ4n) is 0.371. The van der Waals surface area contributed by atoms with Crippen LogP contribution in [0.15, 0.2) is 30.6 Å². The summed E-state index contributed by atoms with van der Waals surface area (Å²) in [6, 6.07) is 4.35. The number of carbonyl (C=O) groups excluding carboxylic acids is 1. The van der Waals surface area contributed by atoms with E-state index in [-0.39, 0.29) is 6.29 Å². The van der Waals surface area contributed by atoms with Gasteiger partial charge < -0.3 is 15.6 Å². The Kier molecular flexibility index (Phi) is 6.00. The number of carboxylic acids is 1. The highest BCUT2D eigenvalue weighted by Gasteiger charge is 2.06. The predicted octanol–water partition coefficient (Wildman–Crippen LogP) is -0.321. The monoisotopic (exact) mass is 182 g/mol. The van der Waals surface area contributed by atoms with Crippen molar-refractivity contribution >= 4 is 12.3 Å². The van der Waals surface area contributed by atoms with Crippen molar-refractivity contribution in [1.29, 1.82) is 0 Å². The summed E-state index contributed by atoms with van der Waals surface area (Å²) in [6.07, 6.45) is 3.67. The van der Waals surface area contributed by atoms with Gasteiger partial charge in [-0.15, -0.1) is 0 Å². The minimum atomic E-state index is -1.36. The second-order valence-electron chi connectivity index (χ2n) is 2.02. The average Bonchev–Trinajstić information content (AvgIpc) is 2.20. The molecule has 1 aromatic rings. The van der Waals surface area contributed by atoms with E-state index < -0.39 is 12.0 Å². The molecule has 1 heterocycles. The second-order valence-corrected chi connectivity index (χ2v) is 2.02. The van der Waals surface area contributed by atoms with E-state index in [4.69, 9.17) is 5.11 Å². The van der Waals surface area contributed by atoms with Gasteiger partial charge >= 0.3 is 5.97 Å². The maximum atomic E-state index is 9.57. The van der Waals surface area contributed by atoms with Crippen LogP contribution >= 0.6 is 0 Å². The molecule has 1 aromatic heterocycles. The van der Waals surface area contributed by atoms with Crippen LogP contribution in [0.2, 0.25) is 0 Å². The van der Waals surface area contributed by atoms with E-state index in [9.17, 15) is 9.59 Å². The van der Waals surface area contributed by atoms with Crippen LogP contribution in [0.5, 0.6) is 0 Å². The van der Waals surface area contributed by atoms with Gasteiger partial charge in [0.05, 0.1) is 0 Å². The molecule has 1 atom stereocenters. The minimum Gasteiger partial charge on any atom is -0.480 e. The Morgan fingerprint density at radius 1 is 1.38 bits per heavy atom. The third-order valence-electron chi connectivity index (χ3n) is 0.998. The third kappa shape index (κ3) is 6.64. The molecule has 70 valence electrons. The molecular formula is C8H10N2O3. The van der Waals surface area contributed by atoms with Crippen LogP contribution < -0.4 is 5.73 Å². The molecule has 0 saturated carbocycles. The Morgan fingerprint density at radius 2 is 1.92 bits per heavy atom. The van der Waals surface area contributed by atoms with Gasteiger partial charge in [0.1, 0.15) is 6.29 Å². The largest absolute Gasteiger partial charge is 0.480 e. The molecule has 0 radical (unpaired) electrons. The van der Waals surface area contributed by atoms with Crippen LogP contribution in [0.3, 0.4) is 0 Å². The highest BCUT2D eigenvalue weighted by Crippen LogP contribution is 1.73. The lowest BCUT2D eigenvalue weighted by molar-refractivity contribution is -0.139. The number of carboxylic acid groups (broad SMARTS) is 1. The van der Waals surface area contributed by atoms with E-state index in [0.29, 0.717) is 0 Å². The van der Waals surface area contributed by atoms with Crippen molar-refractivity contribution in [3.05, 3.63) is 30.6 Å². The molecule has 0 amide bonds. The average molecular weight is 182 g/mol. The van der Waals surface area contributed by atoms with Gasteiger partial charge in [0, 0.05) is 12.4 Å². The molecule has 5 nitrogen and oxygen atoms in total. The molecule has 13 heavy (non-hydrogen) atoms. The molecule has 0 aromatic carbocycles. The van der Waals surface area contributed by atoms with E-state index >= 15 is 0 Å². The van der Waals surface area contributed by atoms with Gasteiger partial charge in [0.2, 0.25) is 0 Å². The van der Waals surface area contributed by atoms with Crippen molar-refractivity contribution in [2.75, 3.05) is 0 Å². The summed E-state index contributed by atoms with van der Waals surface area (Å²) in [5, 5.41) is 7.83. The summed E-state index contributed by atoms with van der Waals surface area (Å²) < 4.78 is 0. The van der Waals surface area contributed by atoms with E-state index in [1.807, 2.05) is 18.2 Å². The van der Waals surface area contributed by atoms with Gasteiger partial charge in [-0.05, 0) is 12.1 Å². The number of aldehydes is 1. The molecular weight excluding hydrogens is 172 g/mol. The summed E-state index contributed by atoms with van der Waals surface area (Å²) in [5.41, 5.74) is 4.65. The van der Waals surface area contributed by atoms with Gasteiger partial charge in [0.25, 0.3) is 0 Å². The van der Waals surface area contributed by atoms with Crippen molar-refractivity contribution in [3.63, 3.8) is 0 Å². The van der Waals surface area contributed by atoms with Gasteiger partial charge in [-0.3, -0.25) is 9.78 Å². The summed E-state index contributed by atoms with van der Waals surface area (Å²) in [6.45, 7) is 0. The number of aromatic nitrogens is 1. The highest BCUT2D eigenvalue weighted by atomic mass is 16.4. The van der Waals surface area contributed by atoms with Crippen LogP contribution in [0.25, 0.3) is 0 Å². The van der Waals surface area contributed by atoms with Crippen LogP contribution in [0.1, 0.15) is 0 Å². The number of aliphatic carboxylic acids is 1. The van der Waals surface area contributed by atoms with Gasteiger partial charge in [-0.25, -0.2) is 0 Å². The first kappa shape index (κ1) is 11.2. The van der Waals surface area contributed by atoms with Crippen molar-refractivity contribution in [2.45, 2.75) is 6.04 Å². The highest BCUT2D eigenvalue weighted by molar-refractivity contribution is 5.90. The fourth-order valence-corrected chi connectivity index (χ4v) is 0.371. The van der Waals surface area contributed by atoms with Gasteiger partial charge in [0.15, 0.2) is 6.04 Å². The zero-order valence-corrected chi connectivity index (χ0v) is 6.83. The maximum Gasteiger partial charge on any atom is 0.327 e. The normalized spacial score (nSPS) is 10.5. The van der Waals surface area contributed by atoms with Crippen molar-refractivity contribution in [3.8, 4) is 0 Å². The van der Waals surface area contributed by atoms with Crippen LogP contribution in [0, 0.1) is 0 Å². The quantitative estimate of drug-likeness (QED) is 0.483. The van der Waals surface area contributed by atoms with Crippen LogP contribution in [-0.2, 0) is 9.59 Å². The number of nitrogens with two attached hydrogens (primary N) is 1. The first-order valence-electron chi connectivity index (χ1n) is 3.47. The Morgan fingerprint density at radius 3 is 2.00 bits per heavy atom. The maximum absolute atomic E-state index is 9.57. The van der Waals surface area contributed by atoms with E-state index in [1.165, 1.54) is 0 Å². The number of hydrogen-bond donors (Lipinski definition) is 2. The van der Waals surface area contributed by atoms with E-state index in [0.717, 1.165) is 0 Å². The summed E-state index contributed by atoms with van der Waals surface area (Å²) in [5.74, 6) is -1.30. The zero-order chi connectivity index (χ0) is 10.1. The lowest BCUT2D eigenvalue weighted by Gasteiger charge is -1.89. The Balaban J connectivity index is 0.000000223. The van der Waals surface area contributed by atoms with E-state index in [2.05, 4.69) is 10.7 Å². The first-order chi connectivity index (χ1) is 6.18. The molecule has 0 aliphatic carbocycles. The third-order valence-corrected chi connectivity index (χ3v) is 0.998. The predicted molar refractivity (Wildman–Crippen MR) is 45.9 cm³/mol. The summed E-state index contributed by atoms with van der Waals surface area (Å²) in [7, 11) is 0. The first-order valence-corrected chi connectivity index (χ1v) is 3.47. The minimum absolute atomic E-state index is 0.169. The number of hydrogen-bond acceptors (Lipinski definition) is 4. The van der Waals surface area contributed by atoms with Crippen molar-refractivity contribution < 1.29 is 14.7 Å². The van der Waals surface area contributed by atoms with Crippen LogP contribution in [0.4, 0.5) is 0 Å². The number of pyridine rings is 1. The summed E-state index contributed by atoms with van der Waals surface area (Å²) >= 11 is 0. The molecule has 0 spiro atoms. The Bertz CT molecular complexity index is 224. The lowest BCUT2D eigenvalue weighted by Crippen LogP contribution is -2.31. The molecule has 5 heteroatoms. The van der Waals surface area contributed by atoms with Crippen LogP contribution in [-0.4, -0.2) is 28.4 Å². The smallest absolute Gasteiger partial charge is 0.327 e. The lowest BCUT2D eigenvalue weighted by atomic mass is 10.4. The fraction of sp³-hybridized carbons (Fsp3) is 0.125. The molecule has 0 fully saturated rings. The Labute approximate surface area is 75.2 Å². The number of nitrogens with zero attached hydrogens (tertiary/aromatic N) is 1. The number of rotatable bonds is 2. The molecule has 1 unspecified atom stereocenters. The topological polar surface area (TPSA) is 93.3 Å². The van der Waals surface area contributed by atoms with Gasteiger partial charge in [-0.1, -0.05) is 6.07 Å². The standard InChI is InChI=1S/C5H5N.C3H5NO3/c1-2-4-6-5-3-1;4-2(1-5)3(6)7/h1-5H;1-2H,4H2,(H,6,7). The van der Waals surface area contributed by atoms with E-state index in [1.54, 1.807) is 12.4 Å². The number of carbonyl (C=O) groups is 2. The second kappa shape index (κ2) is 6.93. The molecule has 0 saturated heterocycles. The zero-order valence-electron chi connectivity index (χ0n) is 6.83. The molecule has 0 bridgehead atoms. The molecule has 0 aliphatic rings. The Hall–Kier alpha value is -1.75. The SMILES string of the molecule is NC(C=O)C(=O)O.c1ccncc1.